The molecule has 2 N–H and O–H groups in total. The molecule has 2 unspecified atom stereocenters. The van der Waals surface area contributed by atoms with Crippen LogP contribution < -0.4 is 10.6 Å². The first-order chi connectivity index (χ1) is 17.9. The van der Waals surface area contributed by atoms with Crippen molar-refractivity contribution in [1.29, 1.82) is 5.26 Å². The van der Waals surface area contributed by atoms with Crippen LogP contribution in [-0.4, -0.2) is 72.1 Å². The summed E-state index contributed by atoms with van der Waals surface area (Å²) in [5.41, 5.74) is 1.31. The molecule has 0 aromatic heterocycles. The number of carbonyl (C=O) groups excluding carboxylic acids is 4. The summed E-state index contributed by atoms with van der Waals surface area (Å²) >= 11 is 1.50. The molecule has 10 nitrogen and oxygen atoms in total. The number of rotatable bonds is 13. The number of nitrogens with zero attached hydrogens (tertiary/aromatic N) is 2. The van der Waals surface area contributed by atoms with Crippen molar-refractivity contribution in [3.05, 3.63) is 34.9 Å². The number of hydrogen-bond donors (Lipinski definition) is 2. The van der Waals surface area contributed by atoms with E-state index in [0.29, 0.717) is 11.3 Å². The maximum atomic E-state index is 13.9. The largest absolute Gasteiger partial charge is 0.466 e. The van der Waals surface area contributed by atoms with E-state index in [-0.39, 0.29) is 26.0 Å². The van der Waals surface area contributed by atoms with E-state index in [9.17, 15) is 24.4 Å². The van der Waals surface area contributed by atoms with E-state index in [1.54, 1.807) is 27.7 Å². The highest BCUT2D eigenvalue weighted by molar-refractivity contribution is 7.98. The fraction of sp³-hybridized carbons (Fsp3) is 0.593. The van der Waals surface area contributed by atoms with Crippen LogP contribution in [-0.2, 0) is 23.9 Å². The molecule has 0 aliphatic heterocycles. The van der Waals surface area contributed by atoms with Gasteiger partial charge in [-0.2, -0.15) is 17.0 Å². The summed E-state index contributed by atoms with van der Waals surface area (Å²) in [6, 6.07) is 5.28. The van der Waals surface area contributed by atoms with Gasteiger partial charge in [0.2, 0.25) is 11.8 Å². The topological polar surface area (TPSA) is 138 Å². The van der Waals surface area contributed by atoms with Gasteiger partial charge in [0, 0.05) is 6.54 Å². The molecule has 0 aliphatic rings. The van der Waals surface area contributed by atoms with Gasteiger partial charge >= 0.3 is 12.1 Å². The molecule has 0 heterocycles. The minimum atomic E-state index is -1.16. The lowest BCUT2D eigenvalue weighted by Crippen LogP contribution is -2.53. The van der Waals surface area contributed by atoms with Crippen molar-refractivity contribution >= 4 is 35.6 Å². The maximum Gasteiger partial charge on any atom is 0.408 e. The van der Waals surface area contributed by atoms with E-state index in [4.69, 9.17) is 9.47 Å². The first kappa shape index (κ1) is 32.8. The molecule has 0 fully saturated rings. The average Bonchev–Trinajstić information content (AvgIpc) is 2.81. The lowest BCUT2D eigenvalue weighted by atomic mass is 9.93. The Bertz CT molecular complexity index is 998. The van der Waals surface area contributed by atoms with E-state index in [1.807, 2.05) is 44.4 Å². The van der Waals surface area contributed by atoms with E-state index in [1.165, 1.54) is 16.7 Å². The van der Waals surface area contributed by atoms with Gasteiger partial charge in [0.1, 0.15) is 24.2 Å². The van der Waals surface area contributed by atoms with Crippen LogP contribution in [0.15, 0.2) is 18.2 Å². The standard InChI is InChI=1S/C27H40N4O6S/c1-8-36-21(32)12-15-29-24(33)23(22-18(2)10-9-11-19(22)3)31(16-14-28)25(34)20(13-17-38-7)30-26(35)37-27(4,5)6/h9-11,20,23H,8,12-13,15-17H2,1-7H3,(H,29,33)(H,30,35). The highest BCUT2D eigenvalue weighted by Crippen LogP contribution is 2.29. The Hall–Kier alpha value is -3.26. The highest BCUT2D eigenvalue weighted by atomic mass is 32.2. The number of nitrogens with one attached hydrogen (secondary N) is 2. The number of hydrogen-bond acceptors (Lipinski definition) is 8. The average molecular weight is 549 g/mol. The third-order valence-electron chi connectivity index (χ3n) is 5.43. The lowest BCUT2D eigenvalue weighted by Gasteiger charge is -2.34. The smallest absolute Gasteiger partial charge is 0.408 e. The van der Waals surface area contributed by atoms with Gasteiger partial charge in [0.25, 0.3) is 0 Å². The molecule has 0 bridgehead atoms. The summed E-state index contributed by atoms with van der Waals surface area (Å²) < 4.78 is 10.3. The van der Waals surface area contributed by atoms with Gasteiger partial charge in [-0.25, -0.2) is 4.79 Å². The van der Waals surface area contributed by atoms with Gasteiger partial charge in [-0.15, -0.1) is 0 Å². The van der Waals surface area contributed by atoms with Crippen LogP contribution in [0.2, 0.25) is 0 Å². The van der Waals surface area contributed by atoms with Crippen molar-refractivity contribution in [3.63, 3.8) is 0 Å². The summed E-state index contributed by atoms with van der Waals surface area (Å²) in [7, 11) is 0. The number of amides is 3. The molecule has 1 aromatic rings. The quantitative estimate of drug-likeness (QED) is 0.283. The Kier molecular flexibility index (Phi) is 13.7. The fourth-order valence-electron chi connectivity index (χ4n) is 3.82. The van der Waals surface area contributed by atoms with Crippen LogP contribution in [0, 0.1) is 25.2 Å². The summed E-state index contributed by atoms with van der Waals surface area (Å²) in [5.74, 6) is -1.04. The Morgan fingerprint density at radius 3 is 2.32 bits per heavy atom. The summed E-state index contributed by atoms with van der Waals surface area (Å²) in [5, 5.41) is 15.0. The van der Waals surface area contributed by atoms with Gasteiger partial charge in [-0.3, -0.25) is 14.4 Å². The number of esters is 1. The number of nitriles is 1. The van der Waals surface area contributed by atoms with Crippen molar-refractivity contribution in [2.24, 2.45) is 0 Å². The molecular weight excluding hydrogens is 508 g/mol. The Labute approximate surface area is 229 Å². The number of benzene rings is 1. The summed E-state index contributed by atoms with van der Waals surface area (Å²) in [6.07, 6.45) is 1.34. The number of carbonyl (C=O) groups is 4. The van der Waals surface area contributed by atoms with Crippen LogP contribution in [0.1, 0.15) is 63.3 Å². The minimum Gasteiger partial charge on any atom is -0.466 e. The predicted molar refractivity (Wildman–Crippen MR) is 146 cm³/mol. The van der Waals surface area contributed by atoms with Gasteiger partial charge in [0.05, 0.1) is 19.1 Å². The summed E-state index contributed by atoms with van der Waals surface area (Å²) in [6.45, 7) is 10.3. The van der Waals surface area contributed by atoms with Crippen LogP contribution in [0.3, 0.4) is 0 Å². The lowest BCUT2D eigenvalue weighted by molar-refractivity contribution is -0.144. The van der Waals surface area contributed by atoms with Crippen LogP contribution in [0.25, 0.3) is 0 Å². The Morgan fingerprint density at radius 2 is 1.79 bits per heavy atom. The second-order valence-electron chi connectivity index (χ2n) is 9.66. The van der Waals surface area contributed by atoms with E-state index in [0.717, 1.165) is 11.1 Å². The van der Waals surface area contributed by atoms with Crippen LogP contribution >= 0.6 is 11.8 Å². The van der Waals surface area contributed by atoms with Crippen LogP contribution in [0.4, 0.5) is 4.79 Å². The van der Waals surface area contributed by atoms with Crippen LogP contribution in [0.5, 0.6) is 0 Å². The fourth-order valence-corrected chi connectivity index (χ4v) is 4.29. The van der Waals surface area contributed by atoms with E-state index in [2.05, 4.69) is 10.6 Å². The summed E-state index contributed by atoms with van der Waals surface area (Å²) in [4.78, 5) is 53.0. The minimum absolute atomic E-state index is 0.000257. The van der Waals surface area contributed by atoms with Gasteiger partial charge in [0.15, 0.2) is 0 Å². The zero-order valence-electron chi connectivity index (χ0n) is 23.4. The van der Waals surface area contributed by atoms with Gasteiger partial charge in [-0.05, 0) is 76.7 Å². The molecule has 38 heavy (non-hydrogen) atoms. The second kappa shape index (κ2) is 15.9. The Balaban J connectivity index is 3.44. The molecule has 2 atom stereocenters. The molecule has 3 amide bonds. The van der Waals surface area contributed by atoms with Crippen molar-refractivity contribution in [3.8, 4) is 6.07 Å². The number of thioether (sulfide) groups is 1. The van der Waals surface area contributed by atoms with Crippen molar-refractivity contribution in [1.82, 2.24) is 15.5 Å². The molecule has 1 aromatic carbocycles. The molecule has 0 saturated heterocycles. The van der Waals surface area contributed by atoms with E-state index >= 15 is 0 Å². The zero-order valence-corrected chi connectivity index (χ0v) is 24.2. The number of ether oxygens (including phenoxy) is 2. The molecule has 11 heteroatoms. The normalized spacial score (nSPS) is 12.5. The monoisotopic (exact) mass is 548 g/mol. The third kappa shape index (κ3) is 10.6. The SMILES string of the molecule is CCOC(=O)CCNC(=O)C(c1c(C)cccc1C)N(CC#N)C(=O)C(CCSC)NC(=O)OC(C)(C)C. The molecule has 210 valence electrons. The molecule has 0 radical (unpaired) electrons. The molecule has 0 aliphatic carbocycles. The second-order valence-corrected chi connectivity index (χ2v) is 10.6. The maximum absolute atomic E-state index is 13.9. The zero-order chi connectivity index (χ0) is 28.9. The highest BCUT2D eigenvalue weighted by Gasteiger charge is 2.37. The molecule has 1 rings (SSSR count). The first-order valence-electron chi connectivity index (χ1n) is 12.5. The van der Waals surface area contributed by atoms with E-state index < -0.39 is 48.1 Å². The third-order valence-corrected chi connectivity index (χ3v) is 6.08. The number of aryl methyl sites for hydroxylation is 2. The van der Waals surface area contributed by atoms with Gasteiger partial charge in [-0.1, -0.05) is 18.2 Å². The first-order valence-corrected chi connectivity index (χ1v) is 13.9. The molecule has 0 spiro atoms. The molecular formula is C27H40N4O6S. The molecule has 0 saturated carbocycles. The van der Waals surface area contributed by atoms with Gasteiger partial charge < -0.3 is 25.0 Å². The van der Waals surface area contributed by atoms with Crippen molar-refractivity contribution in [2.75, 3.05) is 31.7 Å². The van der Waals surface area contributed by atoms with Crippen molar-refractivity contribution in [2.45, 2.75) is 72.1 Å². The number of alkyl carbamates (subject to hydrolysis) is 1. The predicted octanol–water partition coefficient (Wildman–Crippen LogP) is 3.41. The Morgan fingerprint density at radius 1 is 1.16 bits per heavy atom. The van der Waals surface area contributed by atoms with Crippen molar-refractivity contribution < 1.29 is 28.7 Å².